The number of aromatic nitrogens is 2. The fourth-order valence-corrected chi connectivity index (χ4v) is 4.31. The first-order valence-electron chi connectivity index (χ1n) is 10.4. The van der Waals surface area contributed by atoms with Gasteiger partial charge in [-0.15, -0.1) is 11.3 Å². The number of nitrogens with zero attached hydrogens (tertiary/aromatic N) is 2. The van der Waals surface area contributed by atoms with E-state index in [1.807, 2.05) is 6.92 Å². The number of ether oxygens (including phenoxy) is 2. The predicted octanol–water partition coefficient (Wildman–Crippen LogP) is 4.45. The summed E-state index contributed by atoms with van der Waals surface area (Å²) in [7, 11) is 0. The zero-order valence-electron chi connectivity index (χ0n) is 18.1. The summed E-state index contributed by atoms with van der Waals surface area (Å²) in [4.78, 5) is 37.8. The van der Waals surface area contributed by atoms with Crippen LogP contribution in [0, 0.1) is 6.92 Å². The zero-order chi connectivity index (χ0) is 23.4. The van der Waals surface area contributed by atoms with E-state index in [0.717, 1.165) is 24.2 Å². The van der Waals surface area contributed by atoms with Gasteiger partial charge in [-0.3, -0.25) is 9.48 Å². The Morgan fingerprint density at radius 2 is 1.97 bits per heavy atom. The van der Waals surface area contributed by atoms with Crippen LogP contribution in [-0.2, 0) is 20.8 Å². The summed E-state index contributed by atoms with van der Waals surface area (Å²) in [6, 6.07) is 1.33. The smallest absolute Gasteiger partial charge is 0.348 e. The SMILES string of the molecule is CCCOC(=O)c1c(NC(=O)Cn2nc(C(F)F)cc2C2CC2)sc(C(=O)OCC)c1C. The number of esters is 2. The summed E-state index contributed by atoms with van der Waals surface area (Å²) in [5.41, 5.74) is 0.645. The van der Waals surface area contributed by atoms with Crippen LogP contribution in [-0.4, -0.2) is 40.8 Å². The highest BCUT2D eigenvalue weighted by Crippen LogP contribution is 2.41. The maximum atomic E-state index is 13.1. The molecule has 0 bridgehead atoms. The van der Waals surface area contributed by atoms with E-state index in [-0.39, 0.29) is 46.8 Å². The molecule has 0 spiro atoms. The predicted molar refractivity (Wildman–Crippen MR) is 113 cm³/mol. The number of carbonyl (C=O) groups excluding carboxylic acids is 3. The second kappa shape index (κ2) is 10.2. The molecule has 0 radical (unpaired) electrons. The molecule has 0 saturated heterocycles. The first-order valence-corrected chi connectivity index (χ1v) is 11.2. The number of rotatable bonds is 10. The third kappa shape index (κ3) is 5.32. The summed E-state index contributed by atoms with van der Waals surface area (Å²) >= 11 is 0.911. The van der Waals surface area contributed by atoms with E-state index in [0.29, 0.717) is 17.7 Å². The molecule has 2 aromatic rings. The van der Waals surface area contributed by atoms with Gasteiger partial charge >= 0.3 is 11.9 Å². The highest BCUT2D eigenvalue weighted by atomic mass is 32.1. The summed E-state index contributed by atoms with van der Waals surface area (Å²) in [6.45, 7) is 5.13. The van der Waals surface area contributed by atoms with Crippen LogP contribution in [0.3, 0.4) is 0 Å². The molecule has 1 amide bonds. The van der Waals surface area contributed by atoms with Crippen molar-refractivity contribution in [3.63, 3.8) is 0 Å². The minimum atomic E-state index is -2.73. The highest BCUT2D eigenvalue weighted by molar-refractivity contribution is 7.18. The van der Waals surface area contributed by atoms with E-state index in [2.05, 4.69) is 10.4 Å². The van der Waals surface area contributed by atoms with Crippen molar-refractivity contribution in [2.24, 2.45) is 0 Å². The Morgan fingerprint density at radius 3 is 2.56 bits per heavy atom. The van der Waals surface area contributed by atoms with Crippen LogP contribution in [0.1, 0.15) is 82.4 Å². The number of nitrogens with one attached hydrogen (secondary N) is 1. The van der Waals surface area contributed by atoms with Gasteiger partial charge in [-0.25, -0.2) is 18.4 Å². The van der Waals surface area contributed by atoms with Gasteiger partial charge in [-0.05, 0) is 44.7 Å². The van der Waals surface area contributed by atoms with E-state index in [9.17, 15) is 23.2 Å². The molecule has 1 saturated carbocycles. The standard InChI is InChI=1S/C21H25F2N3O5S/c1-4-8-31-20(28)16-11(3)17(21(29)30-5-2)32-19(16)24-15(27)10-26-14(12-6-7-12)9-13(25-26)18(22)23/h9,12,18H,4-8,10H2,1-3H3,(H,24,27). The molecule has 32 heavy (non-hydrogen) atoms. The van der Waals surface area contributed by atoms with Crippen molar-refractivity contribution in [3.8, 4) is 0 Å². The van der Waals surface area contributed by atoms with Gasteiger partial charge in [0.2, 0.25) is 5.91 Å². The van der Waals surface area contributed by atoms with E-state index in [1.54, 1.807) is 13.8 Å². The molecule has 0 aromatic carbocycles. The van der Waals surface area contributed by atoms with Crippen LogP contribution >= 0.6 is 11.3 Å². The number of amides is 1. The van der Waals surface area contributed by atoms with Crippen LogP contribution in [0.5, 0.6) is 0 Å². The lowest BCUT2D eigenvalue weighted by Crippen LogP contribution is -2.21. The Morgan fingerprint density at radius 1 is 1.25 bits per heavy atom. The molecule has 8 nitrogen and oxygen atoms in total. The number of halogens is 2. The maximum absolute atomic E-state index is 13.1. The highest BCUT2D eigenvalue weighted by Gasteiger charge is 2.31. The largest absolute Gasteiger partial charge is 0.462 e. The Hall–Kier alpha value is -2.82. The van der Waals surface area contributed by atoms with Crippen LogP contribution in [0.25, 0.3) is 0 Å². The van der Waals surface area contributed by atoms with Crippen molar-refractivity contribution in [2.75, 3.05) is 18.5 Å². The van der Waals surface area contributed by atoms with Gasteiger partial charge < -0.3 is 14.8 Å². The normalized spacial score (nSPS) is 13.3. The molecule has 0 unspecified atom stereocenters. The lowest BCUT2D eigenvalue weighted by molar-refractivity contribution is -0.116. The van der Waals surface area contributed by atoms with E-state index < -0.39 is 24.3 Å². The number of carbonyl (C=O) groups is 3. The van der Waals surface area contributed by atoms with Gasteiger partial charge in [0.05, 0.1) is 18.8 Å². The zero-order valence-corrected chi connectivity index (χ0v) is 18.9. The molecule has 11 heteroatoms. The molecule has 1 aliphatic carbocycles. The number of hydrogen-bond acceptors (Lipinski definition) is 7. The van der Waals surface area contributed by atoms with Crippen molar-refractivity contribution in [1.29, 1.82) is 0 Å². The van der Waals surface area contributed by atoms with Gasteiger partial charge in [-0.2, -0.15) is 5.10 Å². The maximum Gasteiger partial charge on any atom is 0.348 e. The van der Waals surface area contributed by atoms with Crippen LogP contribution in [0.2, 0.25) is 0 Å². The fraction of sp³-hybridized carbons (Fsp3) is 0.524. The van der Waals surface area contributed by atoms with Gasteiger partial charge in [0.25, 0.3) is 6.43 Å². The summed E-state index contributed by atoms with van der Waals surface area (Å²) in [5.74, 6) is -1.72. The number of thiophene rings is 1. The van der Waals surface area contributed by atoms with Crippen LogP contribution in [0.4, 0.5) is 13.8 Å². The quantitative estimate of drug-likeness (QED) is 0.516. The van der Waals surface area contributed by atoms with Crippen LogP contribution < -0.4 is 5.32 Å². The molecule has 1 aliphatic rings. The first-order chi connectivity index (χ1) is 15.3. The third-order valence-electron chi connectivity index (χ3n) is 4.84. The average Bonchev–Trinajstić information content (AvgIpc) is 3.41. The van der Waals surface area contributed by atoms with Crippen molar-refractivity contribution < 1.29 is 32.6 Å². The summed E-state index contributed by atoms with van der Waals surface area (Å²) in [6.07, 6.45) is -0.409. The second-order valence-electron chi connectivity index (χ2n) is 7.39. The number of anilines is 1. The fourth-order valence-electron chi connectivity index (χ4n) is 3.20. The van der Waals surface area contributed by atoms with E-state index in [4.69, 9.17) is 9.47 Å². The van der Waals surface area contributed by atoms with Gasteiger partial charge in [0.15, 0.2) is 0 Å². The van der Waals surface area contributed by atoms with Crippen LogP contribution in [0.15, 0.2) is 6.07 Å². The topological polar surface area (TPSA) is 99.5 Å². The number of alkyl halides is 2. The third-order valence-corrected chi connectivity index (χ3v) is 6.03. The van der Waals surface area contributed by atoms with Crippen molar-refractivity contribution >= 4 is 34.2 Å². The van der Waals surface area contributed by atoms with E-state index >= 15 is 0 Å². The lowest BCUT2D eigenvalue weighted by atomic mass is 10.1. The molecular weight excluding hydrogens is 444 g/mol. The Labute approximate surface area is 187 Å². The van der Waals surface area contributed by atoms with Gasteiger partial charge in [-0.1, -0.05) is 6.92 Å². The molecule has 174 valence electrons. The molecule has 0 aliphatic heterocycles. The minimum absolute atomic E-state index is 0.0796. The van der Waals surface area contributed by atoms with Crippen molar-refractivity contribution in [3.05, 3.63) is 33.5 Å². The van der Waals surface area contributed by atoms with Crippen molar-refractivity contribution in [1.82, 2.24) is 9.78 Å². The first kappa shape index (κ1) is 23.8. The molecule has 2 heterocycles. The summed E-state index contributed by atoms with van der Waals surface area (Å²) < 4.78 is 37.7. The minimum Gasteiger partial charge on any atom is -0.462 e. The Balaban J connectivity index is 1.85. The lowest BCUT2D eigenvalue weighted by Gasteiger charge is -2.09. The molecule has 1 N–H and O–H groups in total. The molecule has 1 fully saturated rings. The van der Waals surface area contributed by atoms with Crippen molar-refractivity contribution in [2.45, 2.75) is 58.9 Å². The average molecular weight is 470 g/mol. The Bertz CT molecular complexity index is 1010. The molecule has 0 atom stereocenters. The van der Waals surface area contributed by atoms with Gasteiger partial charge in [0, 0.05) is 11.6 Å². The second-order valence-corrected chi connectivity index (χ2v) is 8.41. The van der Waals surface area contributed by atoms with E-state index in [1.165, 1.54) is 10.7 Å². The number of hydrogen-bond donors (Lipinski definition) is 1. The Kier molecular flexibility index (Phi) is 7.60. The molecule has 2 aromatic heterocycles. The summed E-state index contributed by atoms with van der Waals surface area (Å²) in [5, 5.41) is 6.64. The van der Waals surface area contributed by atoms with Gasteiger partial charge in [0.1, 0.15) is 22.1 Å². The monoisotopic (exact) mass is 469 g/mol. The molecular formula is C21H25F2N3O5S. The molecule has 3 rings (SSSR count).